The third kappa shape index (κ3) is 9.38. The van der Waals surface area contributed by atoms with Gasteiger partial charge in [-0.05, 0) is 87.1 Å². The molecule has 3 aromatic heterocycles. The van der Waals surface area contributed by atoms with Crippen LogP contribution < -0.4 is 5.19 Å². The standard InChI is InChI=1S/C37H31N2O.C21H30NSi.Ir/c1-23(2)30-21-26(25-13-6-5-7-14-25)22-31(24(3)4)35(30)39-33-19-10-9-18-32(33)38-37(39)29-17-12-16-28-27-15-8-11-20-34(27)40-36(28)29;1-7-21(3,8-2)15-18-14-19(17-12-10-9-11-13-17)22-16-20(18)23(4,5)6;/h5-16,18-24H,1-4H3;9-12,14,16H,7-8,15H2,1-6H3;/q2*-1;. The van der Waals surface area contributed by atoms with E-state index in [0.717, 1.165) is 62.0 Å². The van der Waals surface area contributed by atoms with E-state index in [0.29, 0.717) is 17.3 Å². The van der Waals surface area contributed by atoms with Crippen molar-refractivity contribution in [3.63, 3.8) is 0 Å². The molecule has 1 radical (unpaired) electrons. The molecule has 4 nitrogen and oxygen atoms in total. The Morgan fingerprint density at radius 3 is 2.02 bits per heavy atom. The molecule has 0 atom stereocenters. The van der Waals surface area contributed by atoms with Crippen LogP contribution in [0.2, 0.25) is 19.6 Å². The fourth-order valence-corrected chi connectivity index (χ4v) is 10.4. The van der Waals surface area contributed by atoms with Crippen molar-refractivity contribution in [1.82, 2.24) is 14.5 Å². The molecule has 0 aliphatic heterocycles. The second kappa shape index (κ2) is 19.4. The van der Waals surface area contributed by atoms with Crippen molar-refractivity contribution in [1.29, 1.82) is 0 Å². The third-order valence-corrected chi connectivity index (χ3v) is 15.0. The minimum atomic E-state index is -1.40. The molecule has 0 saturated heterocycles. The van der Waals surface area contributed by atoms with Gasteiger partial charge >= 0.3 is 0 Å². The SMILES string of the molecule is CC(C)c1cc(-c2ccccc2)cc(C(C)C)c1-n1c(-c2[c-]ccc3c2oc2ccccc23)nc2ccccc21.CCC(C)(CC)Cc1cc(-c2[c-]cccc2)ncc1[Si](C)(C)C.[Ir]. The quantitative estimate of drug-likeness (QED) is 0.0958. The first-order valence-corrected chi connectivity index (χ1v) is 26.3. The summed E-state index contributed by atoms with van der Waals surface area (Å²) in [6.45, 7) is 23.4. The van der Waals surface area contributed by atoms with E-state index < -0.39 is 8.07 Å². The predicted octanol–water partition coefficient (Wildman–Crippen LogP) is 15.8. The van der Waals surface area contributed by atoms with Crippen molar-refractivity contribution in [2.45, 2.75) is 99.2 Å². The summed E-state index contributed by atoms with van der Waals surface area (Å²) in [7, 11) is -1.40. The van der Waals surface area contributed by atoms with Gasteiger partial charge in [0.1, 0.15) is 5.58 Å². The number of aromatic nitrogens is 3. The maximum Gasteiger partial charge on any atom is 0.120 e. The second-order valence-electron chi connectivity index (χ2n) is 19.1. The molecule has 0 aliphatic rings. The predicted molar refractivity (Wildman–Crippen MR) is 270 cm³/mol. The number of hydrogen-bond donors (Lipinski definition) is 0. The van der Waals surface area contributed by atoms with E-state index in [1.807, 2.05) is 30.3 Å². The van der Waals surface area contributed by atoms with Crippen LogP contribution in [0.15, 0.2) is 144 Å². The summed E-state index contributed by atoms with van der Waals surface area (Å²) in [5.41, 5.74) is 14.9. The van der Waals surface area contributed by atoms with Crippen LogP contribution in [-0.4, -0.2) is 22.6 Å². The van der Waals surface area contributed by atoms with E-state index in [4.69, 9.17) is 14.4 Å². The molecule has 6 aromatic carbocycles. The van der Waals surface area contributed by atoms with Gasteiger partial charge in [-0.3, -0.25) is 4.98 Å². The summed E-state index contributed by atoms with van der Waals surface area (Å²) >= 11 is 0. The van der Waals surface area contributed by atoms with Gasteiger partial charge in [0.15, 0.2) is 0 Å². The van der Waals surface area contributed by atoms with Gasteiger partial charge in [0, 0.05) is 37.4 Å². The first-order valence-electron chi connectivity index (χ1n) is 22.8. The van der Waals surface area contributed by atoms with E-state index in [1.54, 1.807) is 0 Å². The van der Waals surface area contributed by atoms with E-state index in [9.17, 15) is 0 Å². The number of imidazole rings is 1. The number of fused-ring (bicyclic) bond motifs is 4. The zero-order valence-electron chi connectivity index (χ0n) is 39.1. The molecule has 0 unspecified atom stereocenters. The van der Waals surface area contributed by atoms with E-state index in [-0.39, 0.29) is 20.1 Å². The molecule has 6 heteroatoms. The van der Waals surface area contributed by atoms with E-state index in [2.05, 4.69) is 194 Å². The van der Waals surface area contributed by atoms with Gasteiger partial charge < -0.3 is 14.0 Å². The Balaban J connectivity index is 0.000000219. The van der Waals surface area contributed by atoms with Crippen molar-refractivity contribution < 1.29 is 24.5 Å². The maximum atomic E-state index is 6.47. The molecule has 0 N–H and O–H groups in total. The molecule has 64 heavy (non-hydrogen) atoms. The summed E-state index contributed by atoms with van der Waals surface area (Å²) in [5, 5.41) is 3.69. The summed E-state index contributed by atoms with van der Waals surface area (Å²) in [4.78, 5) is 9.99. The van der Waals surface area contributed by atoms with Gasteiger partial charge in [-0.15, -0.1) is 54.1 Å². The number of para-hydroxylation sites is 3. The largest absolute Gasteiger partial charge is 0.501 e. The number of benzene rings is 6. The Bertz CT molecular complexity index is 2980. The molecule has 329 valence electrons. The minimum Gasteiger partial charge on any atom is -0.501 e. The van der Waals surface area contributed by atoms with Crippen molar-refractivity contribution in [3.05, 3.63) is 168 Å². The maximum absolute atomic E-state index is 6.47. The third-order valence-electron chi connectivity index (χ3n) is 13.0. The van der Waals surface area contributed by atoms with Gasteiger partial charge in [-0.25, -0.2) is 0 Å². The number of nitrogens with zero attached hydrogens (tertiary/aromatic N) is 3. The smallest absolute Gasteiger partial charge is 0.120 e. The van der Waals surface area contributed by atoms with Gasteiger partial charge in [-0.1, -0.05) is 164 Å². The Labute approximate surface area is 395 Å². The van der Waals surface area contributed by atoms with Crippen molar-refractivity contribution in [3.8, 4) is 39.5 Å². The summed E-state index contributed by atoms with van der Waals surface area (Å²) < 4.78 is 8.83. The van der Waals surface area contributed by atoms with Crippen molar-refractivity contribution in [2.24, 2.45) is 5.41 Å². The van der Waals surface area contributed by atoms with Crippen LogP contribution in [-0.2, 0) is 26.5 Å². The first kappa shape index (κ1) is 46.6. The zero-order chi connectivity index (χ0) is 44.5. The van der Waals surface area contributed by atoms with Crippen LogP contribution in [0.3, 0.4) is 0 Å². The fourth-order valence-electron chi connectivity index (χ4n) is 8.87. The molecule has 0 spiro atoms. The number of furan rings is 1. The number of pyridine rings is 1. The normalized spacial score (nSPS) is 11.9. The Hall–Kier alpha value is -5.39. The first-order chi connectivity index (χ1) is 30.3. The fraction of sp³-hybridized carbons (Fsp3) is 0.276. The van der Waals surface area contributed by atoms with Gasteiger partial charge in [0.25, 0.3) is 0 Å². The van der Waals surface area contributed by atoms with Crippen LogP contribution in [0.4, 0.5) is 0 Å². The van der Waals surface area contributed by atoms with Crippen molar-refractivity contribution in [2.75, 3.05) is 0 Å². The molecule has 9 aromatic rings. The Kier molecular flexibility index (Phi) is 14.1. The minimum absolute atomic E-state index is 0. The van der Waals surface area contributed by atoms with Gasteiger partial charge in [0.05, 0.1) is 30.5 Å². The van der Waals surface area contributed by atoms with Crippen LogP contribution in [0.5, 0.6) is 0 Å². The van der Waals surface area contributed by atoms with Gasteiger partial charge in [-0.2, -0.15) is 0 Å². The van der Waals surface area contributed by atoms with Crippen LogP contribution >= 0.6 is 0 Å². The second-order valence-corrected chi connectivity index (χ2v) is 24.1. The number of rotatable bonds is 11. The monoisotopic (exact) mass is 1040 g/mol. The molecule has 9 rings (SSSR count). The average molecular weight is 1040 g/mol. The molecule has 0 amide bonds. The Morgan fingerprint density at radius 2 is 1.36 bits per heavy atom. The molecular weight excluding hydrogens is 975 g/mol. The zero-order valence-corrected chi connectivity index (χ0v) is 42.5. The molecule has 0 saturated carbocycles. The Morgan fingerprint density at radius 1 is 0.703 bits per heavy atom. The summed E-state index contributed by atoms with van der Waals surface area (Å²) in [6.07, 6.45) is 5.71. The van der Waals surface area contributed by atoms with Crippen LogP contribution in [0.25, 0.3) is 72.4 Å². The number of hydrogen-bond acceptors (Lipinski definition) is 3. The van der Waals surface area contributed by atoms with E-state index >= 15 is 0 Å². The van der Waals surface area contributed by atoms with Gasteiger partial charge in [0.2, 0.25) is 0 Å². The molecule has 0 bridgehead atoms. The summed E-state index contributed by atoms with van der Waals surface area (Å²) in [6, 6.07) is 53.4. The molecule has 0 fully saturated rings. The van der Waals surface area contributed by atoms with Crippen LogP contribution in [0.1, 0.15) is 89.8 Å². The topological polar surface area (TPSA) is 43.9 Å². The molecular formula is C58H61IrN3OSi-2. The van der Waals surface area contributed by atoms with Crippen LogP contribution in [0, 0.1) is 17.5 Å². The molecule has 3 heterocycles. The average Bonchev–Trinajstić information content (AvgIpc) is 3.88. The van der Waals surface area contributed by atoms with E-state index in [1.165, 1.54) is 51.5 Å². The van der Waals surface area contributed by atoms with Crippen molar-refractivity contribution >= 4 is 46.2 Å². The molecule has 0 aliphatic carbocycles. The summed E-state index contributed by atoms with van der Waals surface area (Å²) in [5.74, 6) is 1.45.